The van der Waals surface area contributed by atoms with Crippen molar-refractivity contribution in [1.82, 2.24) is 25.2 Å². The minimum atomic E-state index is -0.887. The first kappa shape index (κ1) is 33.6. The molecule has 4 aliphatic heterocycles. The summed E-state index contributed by atoms with van der Waals surface area (Å²) in [6, 6.07) is 9.02. The summed E-state index contributed by atoms with van der Waals surface area (Å²) in [5, 5.41) is 5.50. The van der Waals surface area contributed by atoms with E-state index in [0.717, 1.165) is 31.2 Å². The van der Waals surface area contributed by atoms with Gasteiger partial charge in [-0.25, -0.2) is 18.2 Å². The van der Waals surface area contributed by atoms with E-state index in [9.17, 15) is 8.78 Å². The Balaban J connectivity index is 0.00000124. The molecule has 0 radical (unpaired) electrons. The summed E-state index contributed by atoms with van der Waals surface area (Å²) >= 11 is 0. The summed E-state index contributed by atoms with van der Waals surface area (Å²) in [7, 11) is 0. The minimum absolute atomic E-state index is 0. The number of hydrogen-bond donors (Lipinski definition) is 1. The number of benzene rings is 2. The van der Waals surface area contributed by atoms with Gasteiger partial charge in [-0.1, -0.05) is 52.5 Å². The fraction of sp³-hybridized carbons (Fsp3) is 0.513. The zero-order valence-electron chi connectivity index (χ0n) is 28.1. The third-order valence-corrected chi connectivity index (χ3v) is 11.4. The average Bonchev–Trinajstić information content (AvgIpc) is 3.74. The SMILES string of the molecule is C.CC.CC[C@@H]1NC=CN2c3nc(OC[C@@]45C[C@@H](F)CN4CC4(CC4)C5)nc4c(F)c(-c5cccc6ccc(F)c(C)c56)nc(c34)CC[C@H]12. The van der Waals surface area contributed by atoms with Crippen molar-refractivity contribution in [1.29, 1.82) is 0 Å². The van der Waals surface area contributed by atoms with Gasteiger partial charge in [0.15, 0.2) is 5.82 Å². The molecule has 260 valence electrons. The van der Waals surface area contributed by atoms with E-state index in [1.807, 2.05) is 38.4 Å². The van der Waals surface area contributed by atoms with Crippen molar-refractivity contribution in [3.8, 4) is 17.3 Å². The molecule has 7 nitrogen and oxygen atoms in total. The predicted molar refractivity (Wildman–Crippen MR) is 190 cm³/mol. The maximum Gasteiger partial charge on any atom is 0.319 e. The van der Waals surface area contributed by atoms with Crippen molar-refractivity contribution >= 4 is 27.5 Å². The molecule has 1 saturated carbocycles. The fourth-order valence-corrected chi connectivity index (χ4v) is 8.98. The number of aryl methyl sites for hydroxylation is 2. The number of halogens is 3. The molecule has 5 aliphatic rings. The first-order valence-corrected chi connectivity index (χ1v) is 17.6. The van der Waals surface area contributed by atoms with E-state index in [-0.39, 0.29) is 54.6 Å². The van der Waals surface area contributed by atoms with Crippen molar-refractivity contribution in [2.45, 2.75) is 104 Å². The van der Waals surface area contributed by atoms with E-state index < -0.39 is 17.5 Å². The lowest BCUT2D eigenvalue weighted by atomic mass is 9.89. The first-order valence-electron chi connectivity index (χ1n) is 17.6. The lowest BCUT2D eigenvalue weighted by molar-refractivity contribution is 0.107. The summed E-state index contributed by atoms with van der Waals surface area (Å²) in [5.74, 6) is -0.367. The van der Waals surface area contributed by atoms with Gasteiger partial charge in [-0.2, -0.15) is 9.97 Å². The van der Waals surface area contributed by atoms with Gasteiger partial charge in [0, 0.05) is 43.5 Å². The molecular weight excluding hydrogens is 625 g/mol. The maximum absolute atomic E-state index is 17.0. The zero-order chi connectivity index (χ0) is 33.4. The van der Waals surface area contributed by atoms with E-state index in [2.05, 4.69) is 22.0 Å². The molecule has 4 atom stereocenters. The average molecular weight is 673 g/mol. The Bertz CT molecular complexity index is 1950. The molecule has 49 heavy (non-hydrogen) atoms. The summed E-state index contributed by atoms with van der Waals surface area (Å²) in [5.41, 5.74) is 1.85. The van der Waals surface area contributed by atoms with Crippen LogP contribution in [0.15, 0.2) is 42.7 Å². The number of pyridine rings is 1. The van der Waals surface area contributed by atoms with Crippen LogP contribution in [0.5, 0.6) is 6.01 Å². The Hall–Kier alpha value is -3.92. The summed E-state index contributed by atoms with van der Waals surface area (Å²) in [6.07, 6.45) is 8.95. The van der Waals surface area contributed by atoms with Crippen molar-refractivity contribution in [3.63, 3.8) is 0 Å². The molecule has 6 heterocycles. The van der Waals surface area contributed by atoms with Gasteiger partial charge in [0.25, 0.3) is 0 Å². The quantitative estimate of drug-likeness (QED) is 0.228. The highest BCUT2D eigenvalue weighted by Gasteiger charge is 2.62. The normalized spacial score (nSPS) is 26.0. The van der Waals surface area contributed by atoms with E-state index in [0.29, 0.717) is 52.8 Å². The Morgan fingerprint density at radius 1 is 1.06 bits per heavy atom. The maximum atomic E-state index is 17.0. The van der Waals surface area contributed by atoms with Crippen molar-refractivity contribution in [3.05, 3.63) is 65.6 Å². The number of ether oxygens (including phenoxy) is 1. The number of fused-ring (bicyclic) bond motifs is 4. The summed E-state index contributed by atoms with van der Waals surface area (Å²) < 4.78 is 53.0. The molecule has 3 fully saturated rings. The van der Waals surface area contributed by atoms with Crippen LogP contribution < -0.4 is 15.0 Å². The van der Waals surface area contributed by atoms with Gasteiger partial charge >= 0.3 is 6.01 Å². The lowest BCUT2D eigenvalue weighted by Crippen LogP contribution is -2.50. The van der Waals surface area contributed by atoms with Gasteiger partial charge < -0.3 is 15.0 Å². The number of nitrogens with one attached hydrogen (secondary N) is 1. The first-order chi connectivity index (χ1) is 23.3. The summed E-state index contributed by atoms with van der Waals surface area (Å²) in [6.45, 7) is 9.45. The molecule has 2 aromatic heterocycles. The highest BCUT2D eigenvalue weighted by Crippen LogP contribution is 2.60. The number of aromatic nitrogens is 3. The van der Waals surface area contributed by atoms with Crippen LogP contribution in [0.25, 0.3) is 32.9 Å². The van der Waals surface area contributed by atoms with Gasteiger partial charge in [0.1, 0.15) is 35.6 Å². The van der Waals surface area contributed by atoms with Gasteiger partial charge in [-0.05, 0) is 73.3 Å². The predicted octanol–water partition coefficient (Wildman–Crippen LogP) is 8.41. The van der Waals surface area contributed by atoms with E-state index in [1.54, 1.807) is 19.1 Å². The summed E-state index contributed by atoms with van der Waals surface area (Å²) in [4.78, 5) is 19.0. The highest BCUT2D eigenvalue weighted by molar-refractivity contribution is 6.01. The second kappa shape index (κ2) is 12.4. The number of alkyl halides is 1. The third kappa shape index (κ3) is 5.32. The van der Waals surface area contributed by atoms with Gasteiger partial charge in [-0.3, -0.25) is 4.90 Å². The second-order valence-electron chi connectivity index (χ2n) is 14.2. The third-order valence-electron chi connectivity index (χ3n) is 11.4. The zero-order valence-corrected chi connectivity index (χ0v) is 28.1. The monoisotopic (exact) mass is 672 g/mol. The molecule has 2 saturated heterocycles. The second-order valence-corrected chi connectivity index (χ2v) is 14.2. The highest BCUT2D eigenvalue weighted by atomic mass is 19.1. The van der Waals surface area contributed by atoms with Gasteiger partial charge in [0.2, 0.25) is 0 Å². The molecule has 10 heteroatoms. The van der Waals surface area contributed by atoms with Crippen LogP contribution in [0.1, 0.15) is 78.0 Å². The van der Waals surface area contributed by atoms with Crippen LogP contribution >= 0.6 is 0 Å². The van der Waals surface area contributed by atoms with Crippen LogP contribution in [-0.4, -0.2) is 63.3 Å². The number of nitrogens with zero attached hydrogens (tertiary/aromatic N) is 5. The Morgan fingerprint density at radius 3 is 2.65 bits per heavy atom. The molecule has 0 bridgehead atoms. The molecule has 0 unspecified atom stereocenters. The molecule has 1 N–H and O–H groups in total. The van der Waals surface area contributed by atoms with E-state index in [4.69, 9.17) is 19.7 Å². The van der Waals surface area contributed by atoms with Crippen LogP contribution in [0, 0.1) is 24.0 Å². The lowest BCUT2D eigenvalue weighted by Gasteiger charge is -2.38. The van der Waals surface area contributed by atoms with Gasteiger partial charge in [0.05, 0.1) is 22.7 Å². The molecule has 1 spiro atoms. The van der Waals surface area contributed by atoms with Crippen LogP contribution in [0.3, 0.4) is 0 Å². The standard InChI is InChI=1S/C36H37F3N6O.C2H6.CH4/c1-3-25-27-10-9-26-29-32(30(39)31(41-26)23-6-4-5-21-7-8-24(38)20(2)28(21)23)42-34(43-33(29)45(27)14-13-40-25)46-19-36-15-22(37)16-44(36)18-35(17-36)11-12-35;1-2;/h4-8,13-14,22,25,27,40H,3,9-12,15-19H2,1-2H3;1-2H3;1H4/t22-,25+,27-,36+;;/m1../s1. The molecular formula is C39H47F3N6O. The number of hydrogen-bond acceptors (Lipinski definition) is 7. The van der Waals surface area contributed by atoms with E-state index >= 15 is 4.39 Å². The number of rotatable bonds is 5. The molecule has 9 rings (SSSR count). The molecule has 2 aromatic carbocycles. The topological polar surface area (TPSA) is 66.4 Å². The minimum Gasteiger partial charge on any atom is -0.461 e. The molecule has 4 aromatic rings. The Morgan fingerprint density at radius 2 is 1.88 bits per heavy atom. The smallest absolute Gasteiger partial charge is 0.319 e. The van der Waals surface area contributed by atoms with Crippen LogP contribution in [0.2, 0.25) is 0 Å². The van der Waals surface area contributed by atoms with Crippen LogP contribution in [0.4, 0.5) is 19.0 Å². The fourth-order valence-electron chi connectivity index (χ4n) is 8.98. The van der Waals surface area contributed by atoms with Crippen LogP contribution in [-0.2, 0) is 6.42 Å². The molecule has 0 amide bonds. The van der Waals surface area contributed by atoms with Crippen molar-refractivity contribution < 1.29 is 17.9 Å². The van der Waals surface area contributed by atoms with E-state index in [1.165, 1.54) is 18.9 Å². The Labute approximate surface area is 287 Å². The van der Waals surface area contributed by atoms with Crippen molar-refractivity contribution in [2.24, 2.45) is 5.41 Å². The Kier molecular flexibility index (Phi) is 8.53. The van der Waals surface area contributed by atoms with Gasteiger partial charge in [-0.15, -0.1) is 0 Å². The number of anilines is 1. The largest absolute Gasteiger partial charge is 0.461 e. The molecule has 1 aliphatic carbocycles. The van der Waals surface area contributed by atoms with Crippen molar-refractivity contribution in [2.75, 3.05) is 24.6 Å².